The van der Waals surface area contributed by atoms with Gasteiger partial charge >= 0.3 is 0 Å². The summed E-state index contributed by atoms with van der Waals surface area (Å²) >= 11 is 0. The van der Waals surface area contributed by atoms with Crippen LogP contribution in [0.1, 0.15) is 11.5 Å². The molecule has 0 saturated heterocycles. The van der Waals surface area contributed by atoms with E-state index in [9.17, 15) is 4.79 Å². The zero-order chi connectivity index (χ0) is 11.8. The number of carbonyl (C=O) groups excluding carboxylic acids is 1. The Balaban J connectivity index is 2.81. The van der Waals surface area contributed by atoms with Gasteiger partial charge in [-0.1, -0.05) is 30.3 Å². The fourth-order valence-electron chi connectivity index (χ4n) is 1.60. The summed E-state index contributed by atoms with van der Waals surface area (Å²) in [6.07, 6.45) is -0.428. The maximum absolute atomic E-state index is 10.2. The van der Waals surface area contributed by atoms with Gasteiger partial charge in [-0.2, -0.15) is 0 Å². The molecule has 1 atom stereocenters. The minimum absolute atomic E-state index is 0.124. The second-order valence-corrected chi connectivity index (χ2v) is 3.29. The number of methoxy groups -OCH3 is 2. The predicted octanol–water partition coefficient (Wildman–Crippen LogP) is 1.56. The number of hydrogen-bond donors (Lipinski definition) is 0. The van der Waals surface area contributed by atoms with Crippen LogP contribution < -0.4 is 0 Å². The van der Waals surface area contributed by atoms with Gasteiger partial charge in [-0.15, -0.1) is 0 Å². The highest BCUT2D eigenvalue weighted by Gasteiger charge is 2.23. The quantitative estimate of drug-likeness (QED) is 0.521. The van der Waals surface area contributed by atoms with E-state index in [1.165, 1.54) is 0 Å². The van der Waals surface area contributed by atoms with Crippen molar-refractivity contribution in [3.63, 3.8) is 0 Å². The molecule has 4 nitrogen and oxygen atoms in total. The molecule has 88 valence electrons. The molecule has 0 fully saturated rings. The summed E-state index contributed by atoms with van der Waals surface area (Å²) in [5, 5.41) is 0. The van der Waals surface area contributed by atoms with Gasteiger partial charge in [-0.3, -0.25) is 4.79 Å². The van der Waals surface area contributed by atoms with Crippen molar-refractivity contribution in [1.29, 1.82) is 0 Å². The minimum Gasteiger partial charge on any atom is -0.467 e. The fraction of sp³-hybridized carbons (Fsp3) is 0.417. The molecule has 0 aromatic heterocycles. The van der Waals surface area contributed by atoms with Crippen LogP contribution in [0.15, 0.2) is 30.3 Å². The lowest BCUT2D eigenvalue weighted by Crippen LogP contribution is -2.26. The van der Waals surface area contributed by atoms with Crippen molar-refractivity contribution < 1.29 is 19.0 Å². The Morgan fingerprint density at radius 1 is 1.19 bits per heavy atom. The van der Waals surface area contributed by atoms with E-state index < -0.39 is 6.29 Å². The van der Waals surface area contributed by atoms with E-state index in [1.807, 2.05) is 30.3 Å². The van der Waals surface area contributed by atoms with Crippen LogP contribution in [0.5, 0.6) is 0 Å². The molecule has 1 aromatic carbocycles. The molecule has 1 unspecified atom stereocenters. The maximum Gasteiger partial charge on any atom is 0.293 e. The summed E-state index contributed by atoms with van der Waals surface area (Å²) in [4.78, 5) is 10.2. The molecular formula is C12H16O4. The number of hydrogen-bond acceptors (Lipinski definition) is 4. The molecule has 0 saturated carbocycles. The van der Waals surface area contributed by atoms with Gasteiger partial charge in [0.25, 0.3) is 6.47 Å². The third-order valence-corrected chi connectivity index (χ3v) is 2.36. The lowest BCUT2D eigenvalue weighted by atomic mass is 9.99. The molecule has 1 rings (SSSR count). The SMILES string of the molecule is COC(OC)C(COC=O)c1ccccc1. The van der Waals surface area contributed by atoms with Crippen molar-refractivity contribution in [3.05, 3.63) is 35.9 Å². The van der Waals surface area contributed by atoms with Crippen LogP contribution in [0.3, 0.4) is 0 Å². The van der Waals surface area contributed by atoms with E-state index in [4.69, 9.17) is 14.2 Å². The van der Waals surface area contributed by atoms with Gasteiger partial charge in [0.2, 0.25) is 0 Å². The van der Waals surface area contributed by atoms with Crippen molar-refractivity contribution >= 4 is 6.47 Å². The first-order valence-electron chi connectivity index (χ1n) is 4.99. The first-order valence-corrected chi connectivity index (χ1v) is 4.99. The normalized spacial score (nSPS) is 12.4. The minimum atomic E-state index is -0.428. The third kappa shape index (κ3) is 3.32. The van der Waals surface area contributed by atoms with E-state index in [0.29, 0.717) is 6.47 Å². The molecule has 0 aliphatic rings. The molecule has 1 aromatic rings. The van der Waals surface area contributed by atoms with Gasteiger partial charge in [0.1, 0.15) is 6.61 Å². The van der Waals surface area contributed by atoms with Crippen molar-refractivity contribution in [2.75, 3.05) is 20.8 Å². The highest BCUT2D eigenvalue weighted by Crippen LogP contribution is 2.22. The summed E-state index contributed by atoms with van der Waals surface area (Å²) in [5.74, 6) is -0.124. The standard InChI is InChI=1S/C12H16O4/c1-14-12(15-2)11(8-16-9-13)10-6-4-3-5-7-10/h3-7,9,11-12H,8H2,1-2H3. The largest absolute Gasteiger partial charge is 0.467 e. The Hall–Kier alpha value is -1.39. The number of rotatable bonds is 7. The van der Waals surface area contributed by atoms with E-state index in [2.05, 4.69) is 0 Å². The molecule has 0 spiro atoms. The second-order valence-electron chi connectivity index (χ2n) is 3.29. The van der Waals surface area contributed by atoms with Crippen LogP contribution in [0, 0.1) is 0 Å². The Labute approximate surface area is 95.1 Å². The van der Waals surface area contributed by atoms with Crippen LogP contribution in [-0.2, 0) is 19.0 Å². The van der Waals surface area contributed by atoms with E-state index in [1.54, 1.807) is 14.2 Å². The molecular weight excluding hydrogens is 208 g/mol. The van der Waals surface area contributed by atoms with Gasteiger partial charge in [-0.25, -0.2) is 0 Å². The number of benzene rings is 1. The zero-order valence-electron chi connectivity index (χ0n) is 9.46. The smallest absolute Gasteiger partial charge is 0.293 e. The zero-order valence-corrected chi connectivity index (χ0v) is 9.46. The molecule has 0 aliphatic heterocycles. The number of ether oxygens (including phenoxy) is 3. The van der Waals surface area contributed by atoms with E-state index in [-0.39, 0.29) is 12.5 Å². The monoisotopic (exact) mass is 224 g/mol. The Bertz CT molecular complexity index is 295. The summed E-state index contributed by atoms with van der Waals surface area (Å²) in [6, 6.07) is 9.67. The van der Waals surface area contributed by atoms with Gasteiger partial charge in [0.05, 0.1) is 5.92 Å². The Morgan fingerprint density at radius 3 is 2.31 bits per heavy atom. The molecule has 4 heteroatoms. The Morgan fingerprint density at radius 2 is 1.81 bits per heavy atom. The van der Waals surface area contributed by atoms with Crippen LogP contribution in [0.4, 0.5) is 0 Å². The van der Waals surface area contributed by atoms with Crippen molar-refractivity contribution in [3.8, 4) is 0 Å². The summed E-state index contributed by atoms with van der Waals surface area (Å²) in [7, 11) is 3.12. The lowest BCUT2D eigenvalue weighted by molar-refractivity contribution is -0.142. The third-order valence-electron chi connectivity index (χ3n) is 2.36. The lowest BCUT2D eigenvalue weighted by Gasteiger charge is -2.24. The van der Waals surface area contributed by atoms with Crippen molar-refractivity contribution in [1.82, 2.24) is 0 Å². The van der Waals surface area contributed by atoms with E-state index >= 15 is 0 Å². The van der Waals surface area contributed by atoms with Crippen LogP contribution in [-0.4, -0.2) is 33.6 Å². The maximum atomic E-state index is 10.2. The molecule has 16 heavy (non-hydrogen) atoms. The molecule has 0 bridgehead atoms. The van der Waals surface area contributed by atoms with Crippen molar-refractivity contribution in [2.24, 2.45) is 0 Å². The van der Waals surface area contributed by atoms with Crippen LogP contribution in [0.2, 0.25) is 0 Å². The first kappa shape index (κ1) is 12.7. The van der Waals surface area contributed by atoms with Gasteiger partial charge < -0.3 is 14.2 Å². The molecule has 0 N–H and O–H groups in total. The average molecular weight is 224 g/mol. The predicted molar refractivity (Wildman–Crippen MR) is 59.0 cm³/mol. The van der Waals surface area contributed by atoms with Crippen LogP contribution in [0.25, 0.3) is 0 Å². The van der Waals surface area contributed by atoms with Crippen LogP contribution >= 0.6 is 0 Å². The molecule has 0 heterocycles. The molecule has 0 radical (unpaired) electrons. The topological polar surface area (TPSA) is 44.8 Å². The fourth-order valence-corrected chi connectivity index (χ4v) is 1.60. The summed E-state index contributed by atoms with van der Waals surface area (Å²) in [6.45, 7) is 0.665. The number of carbonyl (C=O) groups is 1. The Kier molecular flexibility index (Phi) is 5.53. The highest BCUT2D eigenvalue weighted by molar-refractivity contribution is 5.37. The van der Waals surface area contributed by atoms with E-state index in [0.717, 1.165) is 5.56 Å². The summed E-state index contributed by atoms with van der Waals surface area (Å²) in [5.41, 5.74) is 1.01. The van der Waals surface area contributed by atoms with Gasteiger partial charge in [0.15, 0.2) is 6.29 Å². The second kappa shape index (κ2) is 6.98. The first-order chi connectivity index (χ1) is 7.83. The summed E-state index contributed by atoms with van der Waals surface area (Å²) < 4.78 is 15.2. The molecule has 0 aliphatic carbocycles. The average Bonchev–Trinajstić information content (AvgIpc) is 2.35. The van der Waals surface area contributed by atoms with Gasteiger partial charge in [-0.05, 0) is 5.56 Å². The van der Waals surface area contributed by atoms with Crippen molar-refractivity contribution in [2.45, 2.75) is 12.2 Å². The molecule has 0 amide bonds. The van der Waals surface area contributed by atoms with Gasteiger partial charge in [0, 0.05) is 14.2 Å². The highest BCUT2D eigenvalue weighted by atomic mass is 16.7.